The number of carbonyl (C=O) groups excluding carboxylic acids is 2. The van der Waals surface area contributed by atoms with Crippen LogP contribution in [0.5, 0.6) is 5.75 Å². The summed E-state index contributed by atoms with van der Waals surface area (Å²) >= 11 is 0. The van der Waals surface area contributed by atoms with Crippen LogP contribution in [0.3, 0.4) is 0 Å². The van der Waals surface area contributed by atoms with Gasteiger partial charge in [-0.05, 0) is 26.0 Å². The number of allylic oxidation sites excluding steroid dienone is 1. The van der Waals surface area contributed by atoms with Gasteiger partial charge in [0, 0.05) is 10.8 Å². The van der Waals surface area contributed by atoms with E-state index in [1.165, 1.54) is 26.5 Å². The van der Waals surface area contributed by atoms with Gasteiger partial charge in [-0.25, -0.2) is 9.79 Å². The molecule has 2 heterocycles. The molecule has 1 amide bonds. The molecule has 0 aromatic heterocycles. The van der Waals surface area contributed by atoms with Gasteiger partial charge in [-0.2, -0.15) is 0 Å². The van der Waals surface area contributed by atoms with E-state index in [-0.39, 0.29) is 17.8 Å². The van der Waals surface area contributed by atoms with Gasteiger partial charge < -0.3 is 14.4 Å². The highest BCUT2D eigenvalue weighted by atomic mass is 33.1. The predicted octanol–water partition coefficient (Wildman–Crippen LogP) is 2.82. The van der Waals surface area contributed by atoms with Gasteiger partial charge >= 0.3 is 5.97 Å². The van der Waals surface area contributed by atoms with Crippen LogP contribution in [0.4, 0.5) is 0 Å². The molecular formula is C16H16N2O4S2. The normalized spacial score (nSPS) is 25.2. The van der Waals surface area contributed by atoms with Gasteiger partial charge in [0.2, 0.25) is 0 Å². The van der Waals surface area contributed by atoms with Crippen molar-refractivity contribution in [3.8, 4) is 5.75 Å². The van der Waals surface area contributed by atoms with Gasteiger partial charge in [0.25, 0.3) is 11.1 Å². The summed E-state index contributed by atoms with van der Waals surface area (Å²) in [7, 11) is 2.79. The lowest BCUT2D eigenvalue weighted by Gasteiger charge is -2.52. The topological polar surface area (TPSA) is 68.2 Å². The third-order valence-electron chi connectivity index (χ3n) is 3.53. The highest BCUT2D eigenvalue weighted by Crippen LogP contribution is 2.50. The molecule has 3 rings (SSSR count). The summed E-state index contributed by atoms with van der Waals surface area (Å²) in [6.45, 7) is 6.75. The highest BCUT2D eigenvalue weighted by molar-refractivity contribution is 8.82. The molecule has 2 aliphatic rings. The van der Waals surface area contributed by atoms with Gasteiger partial charge in [-0.15, -0.1) is 0 Å². The first kappa shape index (κ1) is 16.9. The minimum atomic E-state index is -0.913. The molecular weight excluding hydrogens is 348 g/mol. The first-order chi connectivity index (χ1) is 11.4. The van der Waals surface area contributed by atoms with E-state index in [0.29, 0.717) is 16.7 Å². The number of benzene rings is 1. The van der Waals surface area contributed by atoms with Crippen LogP contribution in [-0.2, 0) is 14.3 Å². The average molecular weight is 364 g/mol. The lowest BCUT2D eigenvalue weighted by molar-refractivity contribution is -0.159. The number of nitrogens with zero attached hydrogens (tertiary/aromatic N) is 2. The Balaban J connectivity index is 1.68. The monoisotopic (exact) mass is 364 g/mol. The summed E-state index contributed by atoms with van der Waals surface area (Å²) < 4.78 is 10.6. The average Bonchev–Trinajstić information content (AvgIpc) is 2.53. The van der Waals surface area contributed by atoms with Crippen LogP contribution >= 0.6 is 21.6 Å². The third-order valence-corrected chi connectivity index (χ3v) is 6.10. The van der Waals surface area contributed by atoms with Gasteiger partial charge in [-0.3, -0.25) is 4.79 Å². The van der Waals surface area contributed by atoms with Crippen molar-refractivity contribution in [1.82, 2.24) is 4.90 Å². The molecule has 0 radical (unpaired) electrons. The molecule has 6 nitrogen and oxygen atoms in total. The summed E-state index contributed by atoms with van der Waals surface area (Å²) in [6.07, 6.45) is 0. The van der Waals surface area contributed by atoms with Crippen LogP contribution < -0.4 is 4.74 Å². The van der Waals surface area contributed by atoms with Crippen molar-refractivity contribution in [1.29, 1.82) is 0 Å². The maximum atomic E-state index is 12.4. The van der Waals surface area contributed by atoms with Crippen LogP contribution in [0, 0.1) is 0 Å². The summed E-state index contributed by atoms with van der Waals surface area (Å²) in [4.78, 5) is 30.1. The van der Waals surface area contributed by atoms with E-state index < -0.39 is 11.5 Å². The lowest BCUT2D eigenvalue weighted by atomic mass is 9.91. The molecule has 2 atom stereocenters. The molecule has 0 saturated carbocycles. The Hall–Kier alpha value is -1.93. The summed E-state index contributed by atoms with van der Waals surface area (Å²) in [5.74, 6) is 0.255. The van der Waals surface area contributed by atoms with E-state index in [0.717, 1.165) is 0 Å². The molecule has 8 heteroatoms. The van der Waals surface area contributed by atoms with E-state index in [1.54, 1.807) is 13.8 Å². The smallest absolute Gasteiger partial charge is 0.330 e. The minimum Gasteiger partial charge on any atom is -0.433 e. The van der Waals surface area contributed by atoms with Gasteiger partial charge in [0.15, 0.2) is 5.54 Å². The van der Waals surface area contributed by atoms with Crippen molar-refractivity contribution in [2.45, 2.75) is 24.8 Å². The third kappa shape index (κ3) is 3.16. The largest absolute Gasteiger partial charge is 0.433 e. The fourth-order valence-electron chi connectivity index (χ4n) is 2.43. The van der Waals surface area contributed by atoms with Gasteiger partial charge in [0.1, 0.15) is 17.7 Å². The van der Waals surface area contributed by atoms with Crippen molar-refractivity contribution >= 4 is 38.7 Å². The van der Waals surface area contributed by atoms with Crippen molar-refractivity contribution in [3.05, 3.63) is 42.7 Å². The van der Waals surface area contributed by atoms with Crippen LogP contribution in [0.25, 0.3) is 0 Å². The molecule has 0 bridgehead atoms. The van der Waals surface area contributed by atoms with E-state index >= 15 is 0 Å². The molecule has 24 heavy (non-hydrogen) atoms. The number of hydrogen-bond donors (Lipinski definition) is 0. The Morgan fingerprint density at radius 1 is 1.42 bits per heavy atom. The van der Waals surface area contributed by atoms with Crippen molar-refractivity contribution in [2.24, 2.45) is 4.99 Å². The molecule has 1 fully saturated rings. The second-order valence-corrected chi connectivity index (χ2v) is 7.81. The maximum absolute atomic E-state index is 12.4. The summed E-state index contributed by atoms with van der Waals surface area (Å²) in [6, 6.07) is 9.27. The number of amides is 1. The standard InChI is InChI=1S/C16H16N2O4S2/c1-10(2)21-12(19)9-18-13(20)16(3)14(18)23-24-15(17-16)22-11-7-5-4-6-8-11/h4-8,14H,1,9H2,2-3H3. The Morgan fingerprint density at radius 3 is 2.79 bits per heavy atom. The number of hydrogen-bond acceptors (Lipinski definition) is 7. The quantitative estimate of drug-likeness (QED) is 0.354. The van der Waals surface area contributed by atoms with E-state index in [1.807, 2.05) is 30.3 Å². The number of ether oxygens (including phenoxy) is 2. The number of fused-ring (bicyclic) bond motifs is 1. The molecule has 0 spiro atoms. The number of aliphatic imine (C=N–C) groups is 1. The summed E-state index contributed by atoms with van der Waals surface area (Å²) in [5.41, 5.74) is -0.913. The number of carbonyl (C=O) groups is 2. The molecule has 2 aliphatic heterocycles. The SMILES string of the molecule is C=C(C)OC(=O)CN1C(=O)C2(C)N=C(Oc3ccccc3)SSC12. The van der Waals surface area contributed by atoms with E-state index in [4.69, 9.17) is 9.47 Å². The fourth-order valence-corrected chi connectivity index (χ4v) is 5.19. The molecule has 1 aromatic carbocycles. The van der Waals surface area contributed by atoms with Crippen LogP contribution in [0.2, 0.25) is 0 Å². The number of β-lactam (4-membered cyclic amide) rings is 1. The lowest BCUT2D eigenvalue weighted by Crippen LogP contribution is -2.71. The number of esters is 1. The minimum absolute atomic E-state index is 0.107. The zero-order valence-electron chi connectivity index (χ0n) is 13.2. The first-order valence-electron chi connectivity index (χ1n) is 7.23. The second kappa shape index (κ2) is 6.52. The van der Waals surface area contributed by atoms with Gasteiger partial charge in [-0.1, -0.05) is 35.6 Å². The van der Waals surface area contributed by atoms with Crippen LogP contribution in [0.15, 0.2) is 47.7 Å². The zero-order chi connectivity index (χ0) is 17.3. The molecule has 126 valence electrons. The highest BCUT2D eigenvalue weighted by Gasteiger charge is 2.61. The Bertz CT molecular complexity index is 722. The van der Waals surface area contributed by atoms with Gasteiger partial charge in [0.05, 0.1) is 5.76 Å². The van der Waals surface area contributed by atoms with Crippen LogP contribution in [0.1, 0.15) is 13.8 Å². The van der Waals surface area contributed by atoms with Crippen LogP contribution in [-0.4, -0.2) is 39.5 Å². The molecule has 0 aliphatic carbocycles. The van der Waals surface area contributed by atoms with E-state index in [2.05, 4.69) is 11.6 Å². The Labute approximate surface area is 147 Å². The number of para-hydroxylation sites is 1. The number of likely N-dealkylation sites (tertiary alicyclic amines) is 1. The predicted molar refractivity (Wildman–Crippen MR) is 94.5 cm³/mol. The molecule has 1 saturated heterocycles. The Morgan fingerprint density at radius 2 is 2.12 bits per heavy atom. The first-order valence-corrected chi connectivity index (χ1v) is 9.45. The van der Waals surface area contributed by atoms with E-state index in [9.17, 15) is 9.59 Å². The Kier molecular flexibility index (Phi) is 4.60. The molecule has 0 N–H and O–H groups in total. The number of rotatable bonds is 4. The maximum Gasteiger partial charge on any atom is 0.330 e. The fraction of sp³-hybridized carbons (Fsp3) is 0.312. The van der Waals surface area contributed by atoms with Crippen molar-refractivity contribution in [3.63, 3.8) is 0 Å². The molecule has 1 aromatic rings. The van der Waals surface area contributed by atoms with Crippen molar-refractivity contribution in [2.75, 3.05) is 6.54 Å². The second-order valence-electron chi connectivity index (χ2n) is 5.58. The molecule has 2 unspecified atom stereocenters. The van der Waals surface area contributed by atoms with Crippen molar-refractivity contribution < 1.29 is 19.1 Å². The zero-order valence-corrected chi connectivity index (χ0v) is 14.9. The summed E-state index contributed by atoms with van der Waals surface area (Å²) in [5, 5.41) is 0.207.